The Morgan fingerprint density at radius 1 is 1.19 bits per heavy atom. The number of nitro benzene ring substituents is 1. The average Bonchev–Trinajstić information content (AvgIpc) is 2.56. The number of rotatable bonds is 4. The highest BCUT2D eigenvalue weighted by Gasteiger charge is 2.18. The van der Waals surface area contributed by atoms with Crippen molar-refractivity contribution in [2.45, 2.75) is 13.8 Å². The first kappa shape index (κ1) is 19.0. The molecule has 0 aliphatic heterocycles. The summed E-state index contributed by atoms with van der Waals surface area (Å²) in [6.07, 6.45) is 0. The Kier molecular flexibility index (Phi) is 5.63. The van der Waals surface area contributed by atoms with Gasteiger partial charge in [0.2, 0.25) is 0 Å². The van der Waals surface area contributed by atoms with Crippen molar-refractivity contribution in [2.24, 2.45) is 0 Å². The molecule has 0 saturated carbocycles. The molecule has 1 amide bonds. The van der Waals surface area contributed by atoms with E-state index in [0.29, 0.717) is 5.69 Å². The van der Waals surface area contributed by atoms with Crippen molar-refractivity contribution < 1.29 is 19.6 Å². The number of carboxylic acids is 1. The van der Waals surface area contributed by atoms with Crippen LogP contribution in [0.4, 0.5) is 11.4 Å². The molecule has 0 aliphatic rings. The molecule has 9 heteroatoms. The fourth-order valence-corrected chi connectivity index (χ4v) is 2.48. The zero-order valence-electron chi connectivity index (χ0n) is 13.9. The number of hydrogen-bond donors (Lipinski definition) is 3. The van der Waals surface area contributed by atoms with E-state index in [0.717, 1.165) is 5.56 Å². The van der Waals surface area contributed by atoms with Crippen molar-refractivity contribution in [3.8, 4) is 0 Å². The molecule has 0 saturated heterocycles. The van der Waals surface area contributed by atoms with Crippen LogP contribution in [-0.4, -0.2) is 27.0 Å². The van der Waals surface area contributed by atoms with E-state index < -0.39 is 16.8 Å². The maximum absolute atomic E-state index is 12.3. The third kappa shape index (κ3) is 4.19. The fraction of sp³-hybridized carbons (Fsp3) is 0.118. The number of nitrogens with one attached hydrogen (secondary N) is 2. The third-order valence-electron chi connectivity index (χ3n) is 3.71. The predicted octanol–water partition coefficient (Wildman–Crippen LogP) is 3.04. The van der Waals surface area contributed by atoms with E-state index in [2.05, 4.69) is 10.6 Å². The van der Waals surface area contributed by atoms with Crippen molar-refractivity contribution in [3.63, 3.8) is 0 Å². The number of carbonyl (C=O) groups is 2. The van der Waals surface area contributed by atoms with Crippen LogP contribution >= 0.6 is 12.2 Å². The van der Waals surface area contributed by atoms with Crippen molar-refractivity contribution in [3.05, 3.63) is 68.8 Å². The molecule has 0 radical (unpaired) electrons. The number of aryl methyl sites for hydroxylation is 1. The molecule has 2 aromatic rings. The number of anilines is 1. The molecule has 0 aliphatic carbocycles. The first-order valence-corrected chi connectivity index (χ1v) is 7.82. The lowest BCUT2D eigenvalue weighted by Crippen LogP contribution is -2.34. The Bertz CT molecular complexity index is 927. The molecule has 0 fully saturated rings. The molecular weight excluding hydrogens is 358 g/mol. The van der Waals surface area contributed by atoms with E-state index in [9.17, 15) is 19.7 Å². The van der Waals surface area contributed by atoms with Crippen LogP contribution in [0.5, 0.6) is 0 Å². The zero-order valence-corrected chi connectivity index (χ0v) is 14.7. The summed E-state index contributed by atoms with van der Waals surface area (Å²) < 4.78 is 0. The molecule has 0 unspecified atom stereocenters. The number of nitrogens with zero attached hydrogens (tertiary/aromatic N) is 1. The van der Waals surface area contributed by atoms with Crippen molar-refractivity contribution in [1.82, 2.24) is 5.32 Å². The van der Waals surface area contributed by atoms with E-state index in [1.807, 2.05) is 0 Å². The predicted molar refractivity (Wildman–Crippen MR) is 99.7 cm³/mol. The van der Waals surface area contributed by atoms with Gasteiger partial charge < -0.3 is 10.4 Å². The number of thiocarbonyl (C=S) groups is 1. The van der Waals surface area contributed by atoms with Gasteiger partial charge in [0.05, 0.1) is 10.5 Å². The minimum atomic E-state index is -1.09. The lowest BCUT2D eigenvalue weighted by atomic mass is 10.1. The van der Waals surface area contributed by atoms with Crippen LogP contribution in [0, 0.1) is 24.0 Å². The summed E-state index contributed by atoms with van der Waals surface area (Å²) in [6, 6.07) is 8.64. The van der Waals surface area contributed by atoms with Gasteiger partial charge in [-0.15, -0.1) is 0 Å². The summed E-state index contributed by atoms with van der Waals surface area (Å²) in [5.41, 5.74) is 1.42. The van der Waals surface area contributed by atoms with Crippen LogP contribution in [-0.2, 0) is 0 Å². The molecule has 0 atom stereocenters. The second kappa shape index (κ2) is 7.70. The van der Waals surface area contributed by atoms with Gasteiger partial charge in [0.15, 0.2) is 5.11 Å². The van der Waals surface area contributed by atoms with Crippen LogP contribution in [0.25, 0.3) is 0 Å². The number of hydrogen-bond acceptors (Lipinski definition) is 5. The van der Waals surface area contributed by atoms with Crippen LogP contribution < -0.4 is 10.6 Å². The van der Waals surface area contributed by atoms with Crippen molar-refractivity contribution in [2.75, 3.05) is 5.32 Å². The fourth-order valence-electron chi connectivity index (χ4n) is 2.28. The molecule has 0 spiro atoms. The Labute approximate surface area is 154 Å². The minimum Gasteiger partial charge on any atom is -0.478 e. The molecular formula is C17H15N3O5S. The minimum absolute atomic E-state index is 0.0495. The maximum Gasteiger partial charge on any atom is 0.335 e. The van der Waals surface area contributed by atoms with E-state index >= 15 is 0 Å². The Balaban J connectivity index is 2.17. The first-order valence-electron chi connectivity index (χ1n) is 7.41. The lowest BCUT2D eigenvalue weighted by molar-refractivity contribution is -0.385. The highest BCUT2D eigenvalue weighted by atomic mass is 32.1. The van der Waals surface area contributed by atoms with Gasteiger partial charge in [-0.2, -0.15) is 0 Å². The largest absolute Gasteiger partial charge is 0.478 e. The van der Waals surface area contributed by atoms with E-state index in [1.165, 1.54) is 37.3 Å². The van der Waals surface area contributed by atoms with Gasteiger partial charge in [-0.25, -0.2) is 4.79 Å². The third-order valence-corrected chi connectivity index (χ3v) is 3.91. The average molecular weight is 373 g/mol. The molecule has 2 aromatic carbocycles. The Morgan fingerprint density at radius 2 is 1.88 bits per heavy atom. The van der Waals surface area contributed by atoms with Gasteiger partial charge in [0, 0.05) is 22.9 Å². The number of aromatic carboxylic acids is 1. The van der Waals surface area contributed by atoms with Crippen LogP contribution in [0.1, 0.15) is 31.8 Å². The number of amides is 1. The lowest BCUT2D eigenvalue weighted by Gasteiger charge is -2.13. The van der Waals surface area contributed by atoms with Gasteiger partial charge in [-0.1, -0.05) is 12.1 Å². The smallest absolute Gasteiger partial charge is 0.335 e. The summed E-state index contributed by atoms with van der Waals surface area (Å²) in [5, 5.41) is 25.2. The maximum atomic E-state index is 12.3. The molecule has 0 aromatic heterocycles. The summed E-state index contributed by atoms with van der Waals surface area (Å²) >= 11 is 5.08. The first-order chi connectivity index (χ1) is 12.2. The summed E-state index contributed by atoms with van der Waals surface area (Å²) in [5.74, 6) is -1.69. The van der Waals surface area contributed by atoms with Gasteiger partial charge >= 0.3 is 5.97 Å². The van der Waals surface area contributed by atoms with Gasteiger partial charge in [0.1, 0.15) is 0 Å². The highest BCUT2D eigenvalue weighted by Crippen LogP contribution is 2.21. The number of benzene rings is 2. The van der Waals surface area contributed by atoms with Crippen LogP contribution in [0.15, 0.2) is 36.4 Å². The second-order valence-electron chi connectivity index (χ2n) is 5.45. The zero-order chi connectivity index (χ0) is 19.4. The number of carbonyl (C=O) groups excluding carboxylic acids is 1. The number of nitro groups is 1. The van der Waals surface area contributed by atoms with Gasteiger partial charge in [0.25, 0.3) is 11.6 Å². The Hall–Kier alpha value is -3.33. The standard InChI is InChI=1S/C17H15N3O5S/c1-9-6-7-11(16(22)23)8-13(9)18-17(26)19-15(21)12-4-3-5-14(10(12)2)20(24)25/h3-8H,1-2H3,(H,22,23)(H2,18,19,21,26). The quantitative estimate of drug-likeness (QED) is 0.428. The van der Waals surface area contributed by atoms with Crippen molar-refractivity contribution >= 4 is 40.6 Å². The van der Waals surface area contributed by atoms with E-state index in [-0.39, 0.29) is 27.5 Å². The molecule has 134 valence electrons. The molecule has 3 N–H and O–H groups in total. The van der Waals surface area contributed by atoms with E-state index in [4.69, 9.17) is 17.3 Å². The molecule has 2 rings (SSSR count). The SMILES string of the molecule is Cc1ccc(C(=O)O)cc1NC(=S)NC(=O)c1cccc([N+](=O)[O-])c1C. The molecule has 0 heterocycles. The molecule has 8 nitrogen and oxygen atoms in total. The number of carboxylic acid groups (broad SMARTS) is 1. The highest BCUT2D eigenvalue weighted by molar-refractivity contribution is 7.80. The van der Waals surface area contributed by atoms with Crippen LogP contribution in [0.2, 0.25) is 0 Å². The van der Waals surface area contributed by atoms with Crippen LogP contribution in [0.3, 0.4) is 0 Å². The van der Waals surface area contributed by atoms with Gasteiger partial charge in [-0.3, -0.25) is 20.2 Å². The topological polar surface area (TPSA) is 122 Å². The molecule has 0 bridgehead atoms. The monoisotopic (exact) mass is 373 g/mol. The summed E-state index contributed by atoms with van der Waals surface area (Å²) in [4.78, 5) is 33.8. The summed E-state index contributed by atoms with van der Waals surface area (Å²) in [7, 11) is 0. The van der Waals surface area contributed by atoms with E-state index in [1.54, 1.807) is 13.0 Å². The van der Waals surface area contributed by atoms with Gasteiger partial charge in [-0.05, 0) is 49.8 Å². The summed E-state index contributed by atoms with van der Waals surface area (Å²) in [6.45, 7) is 3.23. The molecule has 26 heavy (non-hydrogen) atoms. The Morgan fingerprint density at radius 3 is 2.50 bits per heavy atom. The normalized spacial score (nSPS) is 10.1. The van der Waals surface area contributed by atoms with Crippen molar-refractivity contribution in [1.29, 1.82) is 0 Å². The second-order valence-corrected chi connectivity index (χ2v) is 5.86.